The van der Waals surface area contributed by atoms with E-state index in [9.17, 15) is 14.7 Å². The van der Waals surface area contributed by atoms with Crippen LogP contribution in [0.15, 0.2) is 60.7 Å². The van der Waals surface area contributed by atoms with Crippen molar-refractivity contribution in [3.63, 3.8) is 0 Å². The molecule has 2 heterocycles. The maximum Gasteiger partial charge on any atom is 0.285 e. The highest BCUT2D eigenvalue weighted by atomic mass is 16.3. The first-order valence-corrected chi connectivity index (χ1v) is 9.80. The van der Waals surface area contributed by atoms with Crippen LogP contribution in [0.2, 0.25) is 0 Å². The third-order valence-electron chi connectivity index (χ3n) is 5.05. The van der Waals surface area contributed by atoms with Crippen molar-refractivity contribution in [3.05, 3.63) is 77.6 Å². The molecule has 0 aliphatic carbocycles. The Bertz CT molecular complexity index is 1020. The lowest BCUT2D eigenvalue weighted by Gasteiger charge is -2.13. The zero-order chi connectivity index (χ0) is 20.9. The molecule has 1 aromatic heterocycles. The molecular formula is C22H23N5O3. The first-order valence-electron chi connectivity index (χ1n) is 9.80. The number of hydrogen-bond acceptors (Lipinski definition) is 5. The first kappa shape index (κ1) is 19.8. The summed E-state index contributed by atoms with van der Waals surface area (Å²) in [4.78, 5) is 26.2. The lowest BCUT2D eigenvalue weighted by molar-refractivity contribution is 0.0759. The number of β-amino-alcohol motifs (C(OH)–C–C–N with tert-alkyl or cyclic N) is 1. The number of aromatic amines is 1. The number of hydrogen-bond donors (Lipinski definition) is 4. The summed E-state index contributed by atoms with van der Waals surface area (Å²) in [5.41, 5.74) is 9.10. The third-order valence-corrected chi connectivity index (χ3v) is 5.05. The largest absolute Gasteiger partial charge is 0.391 e. The van der Waals surface area contributed by atoms with E-state index in [1.54, 1.807) is 0 Å². The Balaban J connectivity index is 1.28. The van der Waals surface area contributed by atoms with Crippen LogP contribution in [0.4, 0.5) is 0 Å². The lowest BCUT2D eigenvalue weighted by Crippen LogP contribution is -2.37. The molecule has 0 spiro atoms. The van der Waals surface area contributed by atoms with Gasteiger partial charge in [-0.1, -0.05) is 54.6 Å². The molecule has 2 amide bonds. The Morgan fingerprint density at radius 1 is 1.10 bits per heavy atom. The number of carbonyl (C=O) groups excluding carboxylic acids is 2. The molecule has 2 aromatic carbocycles. The number of amides is 2. The molecule has 3 aromatic rings. The van der Waals surface area contributed by atoms with Gasteiger partial charge in [-0.05, 0) is 23.1 Å². The fraction of sp³-hybridized carbons (Fsp3) is 0.227. The van der Waals surface area contributed by atoms with Crippen LogP contribution in [0.25, 0.3) is 11.1 Å². The van der Waals surface area contributed by atoms with Gasteiger partial charge < -0.3 is 10.0 Å². The van der Waals surface area contributed by atoms with Crippen molar-refractivity contribution in [2.75, 3.05) is 13.1 Å². The van der Waals surface area contributed by atoms with Gasteiger partial charge in [0.1, 0.15) is 5.69 Å². The van der Waals surface area contributed by atoms with Gasteiger partial charge in [0, 0.05) is 25.7 Å². The predicted molar refractivity (Wildman–Crippen MR) is 111 cm³/mol. The number of H-pyrrole nitrogens is 1. The molecule has 8 heteroatoms. The maximum atomic E-state index is 12.4. The van der Waals surface area contributed by atoms with Crippen LogP contribution in [-0.2, 0) is 6.54 Å². The number of aliphatic hydroxyl groups is 1. The van der Waals surface area contributed by atoms with Crippen LogP contribution < -0.4 is 10.9 Å². The van der Waals surface area contributed by atoms with Gasteiger partial charge in [0.05, 0.1) is 6.10 Å². The van der Waals surface area contributed by atoms with E-state index in [1.807, 2.05) is 42.5 Å². The van der Waals surface area contributed by atoms with Gasteiger partial charge in [-0.25, -0.2) is 5.43 Å². The van der Waals surface area contributed by atoms with Gasteiger partial charge in [0.15, 0.2) is 5.69 Å². The van der Waals surface area contributed by atoms with Crippen LogP contribution in [0, 0.1) is 0 Å². The summed E-state index contributed by atoms with van der Waals surface area (Å²) in [5.74, 6) is -0.711. The van der Waals surface area contributed by atoms with E-state index < -0.39 is 12.0 Å². The molecule has 0 radical (unpaired) electrons. The van der Waals surface area contributed by atoms with Crippen molar-refractivity contribution in [2.45, 2.75) is 19.1 Å². The quantitative estimate of drug-likeness (QED) is 0.467. The normalized spacial score (nSPS) is 15.9. The number of hydrazine groups is 1. The number of nitrogens with zero attached hydrogens (tertiary/aromatic N) is 2. The van der Waals surface area contributed by atoms with Crippen LogP contribution in [0.3, 0.4) is 0 Å². The maximum absolute atomic E-state index is 12.4. The zero-order valence-electron chi connectivity index (χ0n) is 16.3. The summed E-state index contributed by atoms with van der Waals surface area (Å²) < 4.78 is 0. The second kappa shape index (κ2) is 8.89. The zero-order valence-corrected chi connectivity index (χ0v) is 16.3. The molecule has 4 rings (SSSR count). The molecular weight excluding hydrogens is 382 g/mol. The first-order chi connectivity index (χ1) is 14.6. The number of rotatable bonds is 6. The molecule has 30 heavy (non-hydrogen) atoms. The van der Waals surface area contributed by atoms with Crippen LogP contribution in [0.5, 0.6) is 0 Å². The molecule has 0 bridgehead atoms. The van der Waals surface area contributed by atoms with Crippen LogP contribution >= 0.6 is 0 Å². The van der Waals surface area contributed by atoms with E-state index in [1.165, 1.54) is 11.0 Å². The van der Waals surface area contributed by atoms with Gasteiger partial charge in [0.2, 0.25) is 0 Å². The Labute approximate surface area is 173 Å². The second-order valence-electron chi connectivity index (χ2n) is 7.23. The van der Waals surface area contributed by atoms with Crippen molar-refractivity contribution in [2.24, 2.45) is 0 Å². The minimum absolute atomic E-state index is 0.116. The standard InChI is InChI=1S/C22H23N5O3/c28-18-10-11-27(14-18)22(30)20-12-19(24-25-20)21(29)26-23-13-15-6-8-17(9-7-15)16-4-2-1-3-5-16/h1-9,12,18,23,28H,10-11,13-14H2,(H,24,25)(H,26,29)/t18-/m0/s1. The fourth-order valence-corrected chi connectivity index (χ4v) is 3.38. The summed E-state index contributed by atoms with van der Waals surface area (Å²) >= 11 is 0. The monoisotopic (exact) mass is 405 g/mol. The summed E-state index contributed by atoms with van der Waals surface area (Å²) in [6.07, 6.45) is 0.0642. The summed E-state index contributed by atoms with van der Waals surface area (Å²) in [6, 6.07) is 19.6. The summed E-state index contributed by atoms with van der Waals surface area (Å²) in [5, 5.41) is 16.1. The number of benzene rings is 2. The van der Waals surface area contributed by atoms with Crippen molar-refractivity contribution in [3.8, 4) is 11.1 Å². The molecule has 1 atom stereocenters. The molecule has 0 saturated carbocycles. The molecule has 1 aliphatic rings. The number of likely N-dealkylation sites (tertiary alicyclic amines) is 1. The Hall–Kier alpha value is -3.49. The highest BCUT2D eigenvalue weighted by Gasteiger charge is 2.27. The minimum Gasteiger partial charge on any atom is -0.391 e. The molecule has 1 fully saturated rings. The number of carbonyl (C=O) groups is 2. The Morgan fingerprint density at radius 3 is 2.53 bits per heavy atom. The molecule has 1 aliphatic heterocycles. The minimum atomic E-state index is -0.495. The van der Waals surface area contributed by atoms with Crippen molar-refractivity contribution >= 4 is 11.8 Å². The van der Waals surface area contributed by atoms with E-state index in [0.717, 1.165) is 16.7 Å². The summed E-state index contributed by atoms with van der Waals surface area (Å²) in [7, 11) is 0. The highest BCUT2D eigenvalue weighted by molar-refractivity contribution is 5.97. The van der Waals surface area contributed by atoms with Gasteiger partial charge in [0.25, 0.3) is 11.8 Å². The van der Waals surface area contributed by atoms with Crippen LogP contribution in [0.1, 0.15) is 33.0 Å². The van der Waals surface area contributed by atoms with Gasteiger partial charge in [-0.15, -0.1) is 0 Å². The molecule has 4 N–H and O–H groups in total. The smallest absolute Gasteiger partial charge is 0.285 e. The summed E-state index contributed by atoms with van der Waals surface area (Å²) in [6.45, 7) is 1.23. The molecule has 1 saturated heterocycles. The van der Waals surface area contributed by atoms with E-state index in [-0.39, 0.29) is 17.3 Å². The van der Waals surface area contributed by atoms with Crippen molar-refractivity contribution in [1.29, 1.82) is 0 Å². The van der Waals surface area contributed by atoms with Crippen LogP contribution in [-0.4, -0.2) is 51.2 Å². The molecule has 8 nitrogen and oxygen atoms in total. The topological polar surface area (TPSA) is 110 Å². The van der Waals surface area contributed by atoms with Gasteiger partial charge in [-0.2, -0.15) is 5.10 Å². The SMILES string of the molecule is O=C(NNCc1ccc(-c2ccccc2)cc1)c1cc(C(=O)N2CC[C@H](O)C2)[nH]n1. The Kier molecular flexibility index (Phi) is 5.87. The number of aliphatic hydroxyl groups excluding tert-OH is 1. The predicted octanol–water partition coefficient (Wildman–Crippen LogP) is 1.72. The molecule has 154 valence electrons. The van der Waals surface area contributed by atoms with E-state index in [4.69, 9.17) is 0 Å². The fourth-order valence-electron chi connectivity index (χ4n) is 3.38. The van der Waals surface area contributed by atoms with Crippen molar-refractivity contribution in [1.82, 2.24) is 25.9 Å². The number of aromatic nitrogens is 2. The third kappa shape index (κ3) is 4.56. The lowest BCUT2D eigenvalue weighted by atomic mass is 10.0. The van der Waals surface area contributed by atoms with Gasteiger partial charge in [-0.3, -0.25) is 20.1 Å². The van der Waals surface area contributed by atoms with E-state index in [0.29, 0.717) is 26.1 Å². The molecule has 0 unspecified atom stereocenters. The average Bonchev–Trinajstić information content (AvgIpc) is 3.44. The number of nitrogens with one attached hydrogen (secondary N) is 3. The Morgan fingerprint density at radius 2 is 1.83 bits per heavy atom. The van der Waals surface area contributed by atoms with E-state index >= 15 is 0 Å². The van der Waals surface area contributed by atoms with Crippen molar-refractivity contribution < 1.29 is 14.7 Å². The average molecular weight is 405 g/mol. The van der Waals surface area contributed by atoms with Gasteiger partial charge >= 0.3 is 0 Å². The second-order valence-corrected chi connectivity index (χ2v) is 7.23. The van der Waals surface area contributed by atoms with E-state index in [2.05, 4.69) is 33.2 Å². The highest BCUT2D eigenvalue weighted by Crippen LogP contribution is 2.19.